The summed E-state index contributed by atoms with van der Waals surface area (Å²) in [5.74, 6) is -1.30. The number of esters is 1. The lowest BCUT2D eigenvalue weighted by molar-refractivity contribution is -0.161. The number of fused-ring (bicyclic) bond motifs is 5. The highest BCUT2D eigenvalue weighted by atomic mass is 35.5. The van der Waals surface area contributed by atoms with E-state index in [1.807, 2.05) is 13.0 Å². The minimum atomic E-state index is -1.82. The molecule has 0 aliphatic carbocycles. The number of nitrogens with zero attached hydrogens (tertiary/aromatic N) is 2. The molecular weight excluding hydrogens is 690 g/mol. The van der Waals surface area contributed by atoms with Gasteiger partial charge < -0.3 is 38.6 Å². The van der Waals surface area contributed by atoms with Gasteiger partial charge in [-0.3, -0.25) is 14.9 Å². The zero-order valence-corrected chi connectivity index (χ0v) is 31.4. The number of hydrogen-bond donors (Lipinski definition) is 3. The van der Waals surface area contributed by atoms with E-state index >= 15 is 0 Å². The number of epoxide rings is 1. The molecule has 0 spiro atoms. The fourth-order valence-corrected chi connectivity index (χ4v) is 6.99. The van der Waals surface area contributed by atoms with Crippen molar-refractivity contribution in [1.29, 1.82) is 0 Å². The number of thiol groups is 1. The summed E-state index contributed by atoms with van der Waals surface area (Å²) in [5.41, 5.74) is -0.903. The Labute approximate surface area is 303 Å². The van der Waals surface area contributed by atoms with E-state index in [2.05, 4.69) is 17.9 Å². The van der Waals surface area contributed by atoms with Gasteiger partial charge >= 0.3 is 12.1 Å². The molecule has 4 rings (SSSR count). The number of carbonyl (C=O) groups is 4. The van der Waals surface area contributed by atoms with Gasteiger partial charge in [-0.25, -0.2) is 9.59 Å². The summed E-state index contributed by atoms with van der Waals surface area (Å²) in [5, 5.41) is 14.4. The van der Waals surface area contributed by atoms with Crippen LogP contribution in [0.2, 0.25) is 5.02 Å². The van der Waals surface area contributed by atoms with Crippen LogP contribution in [-0.2, 0) is 39.8 Å². The predicted octanol–water partition coefficient (Wildman–Crippen LogP) is 3.83. The topological polar surface area (TPSA) is 156 Å². The lowest BCUT2D eigenvalue weighted by Gasteiger charge is -2.42. The van der Waals surface area contributed by atoms with Crippen LogP contribution in [0.1, 0.15) is 52.5 Å². The average Bonchev–Trinajstić information content (AvgIpc) is 3.76. The highest BCUT2D eigenvalue weighted by Crippen LogP contribution is 2.49. The number of rotatable bonds is 7. The molecular formula is C35H48ClN3O10S. The molecule has 0 saturated carbocycles. The fourth-order valence-electron chi connectivity index (χ4n) is 6.49. The number of amides is 3. The Morgan fingerprint density at radius 2 is 1.98 bits per heavy atom. The molecule has 2 saturated heterocycles. The van der Waals surface area contributed by atoms with Crippen LogP contribution in [0.3, 0.4) is 0 Å². The van der Waals surface area contributed by atoms with Gasteiger partial charge in [-0.2, -0.15) is 12.6 Å². The molecule has 276 valence electrons. The second kappa shape index (κ2) is 15.9. The largest absolute Gasteiger partial charge is 0.495 e. The molecule has 8 atom stereocenters. The maximum absolute atomic E-state index is 14.0. The highest BCUT2D eigenvalue weighted by Gasteiger charge is 2.64. The number of halogens is 1. The Bertz CT molecular complexity index is 1540. The quantitative estimate of drug-likeness (QED) is 0.214. The molecule has 1 aromatic carbocycles. The van der Waals surface area contributed by atoms with Crippen LogP contribution in [0.25, 0.3) is 0 Å². The Morgan fingerprint density at radius 1 is 1.28 bits per heavy atom. The van der Waals surface area contributed by atoms with Gasteiger partial charge in [0.15, 0.2) is 5.72 Å². The zero-order chi connectivity index (χ0) is 37.1. The van der Waals surface area contributed by atoms with Crippen molar-refractivity contribution in [1.82, 2.24) is 10.2 Å². The molecule has 2 N–H and O–H groups in total. The van der Waals surface area contributed by atoms with Crippen molar-refractivity contribution in [2.24, 2.45) is 5.92 Å². The van der Waals surface area contributed by atoms with Crippen molar-refractivity contribution in [3.63, 3.8) is 0 Å². The van der Waals surface area contributed by atoms with Gasteiger partial charge in [-0.05, 0) is 50.6 Å². The van der Waals surface area contributed by atoms with Crippen LogP contribution in [0.4, 0.5) is 10.5 Å². The summed E-state index contributed by atoms with van der Waals surface area (Å²) in [6, 6.07) is 2.60. The summed E-state index contributed by atoms with van der Waals surface area (Å²) >= 11 is 10.8. The van der Waals surface area contributed by atoms with Gasteiger partial charge in [0.05, 0.1) is 25.3 Å². The van der Waals surface area contributed by atoms with Crippen LogP contribution in [0.15, 0.2) is 35.9 Å². The Kier molecular flexibility index (Phi) is 12.6. The summed E-state index contributed by atoms with van der Waals surface area (Å²) in [6.07, 6.45) is 1.08. The first-order valence-corrected chi connectivity index (χ1v) is 17.5. The molecule has 15 heteroatoms. The number of methoxy groups -OCH3 is 2. The minimum absolute atomic E-state index is 0.0489. The number of anilines is 1. The zero-order valence-electron chi connectivity index (χ0n) is 29.7. The van der Waals surface area contributed by atoms with Crippen molar-refractivity contribution in [3.8, 4) is 5.75 Å². The van der Waals surface area contributed by atoms with E-state index in [-0.39, 0.29) is 30.2 Å². The van der Waals surface area contributed by atoms with Gasteiger partial charge in [-0.1, -0.05) is 42.3 Å². The molecule has 4 bridgehead atoms. The van der Waals surface area contributed by atoms with Crippen LogP contribution < -0.4 is 15.0 Å². The van der Waals surface area contributed by atoms with Crippen molar-refractivity contribution in [3.05, 3.63) is 46.5 Å². The van der Waals surface area contributed by atoms with E-state index in [0.29, 0.717) is 23.6 Å². The SMILES string of the molecule is COc1cc2cc(c1Cl)N(C)C(=O)C[C@H](OC(=O)[C@H](C)N(C)C(=O)CCS)[C@@]1(C)O[C@@H]1[C@H](C)C1C[C@@](O)(NC(=O)O1)[C@H](OC)/C=C/C=C(\C)C2. The highest BCUT2D eigenvalue weighted by molar-refractivity contribution is 7.80. The van der Waals surface area contributed by atoms with Crippen LogP contribution in [0, 0.1) is 5.92 Å². The first kappa shape index (κ1) is 39.5. The second-order valence-electron chi connectivity index (χ2n) is 13.4. The minimum Gasteiger partial charge on any atom is -0.495 e. The molecule has 0 radical (unpaired) electrons. The number of ether oxygens (including phenoxy) is 5. The first-order chi connectivity index (χ1) is 23.5. The number of hydrogen-bond acceptors (Lipinski definition) is 11. The van der Waals surface area contributed by atoms with E-state index in [4.69, 9.17) is 35.3 Å². The van der Waals surface area contributed by atoms with E-state index in [1.165, 1.54) is 38.0 Å². The van der Waals surface area contributed by atoms with Gasteiger partial charge in [0, 0.05) is 40.0 Å². The molecule has 3 heterocycles. The van der Waals surface area contributed by atoms with Crippen LogP contribution in [-0.4, -0.2) is 110 Å². The van der Waals surface area contributed by atoms with Crippen molar-refractivity contribution in [2.75, 3.05) is 39.0 Å². The second-order valence-corrected chi connectivity index (χ2v) is 14.2. The van der Waals surface area contributed by atoms with Gasteiger partial charge in [0.25, 0.3) is 0 Å². The van der Waals surface area contributed by atoms with Crippen molar-refractivity contribution < 1.29 is 48.0 Å². The number of aliphatic hydroxyl groups is 1. The Hall–Kier alpha value is -3.30. The van der Waals surface area contributed by atoms with E-state index in [9.17, 15) is 24.3 Å². The summed E-state index contributed by atoms with van der Waals surface area (Å²) < 4.78 is 29.0. The normalized spacial score (nSPS) is 32.3. The smallest absolute Gasteiger partial charge is 0.409 e. The third kappa shape index (κ3) is 8.42. The molecule has 3 aliphatic heterocycles. The Balaban J connectivity index is 1.78. The molecule has 50 heavy (non-hydrogen) atoms. The third-order valence-corrected chi connectivity index (χ3v) is 10.5. The summed E-state index contributed by atoms with van der Waals surface area (Å²) in [6.45, 7) is 6.96. The van der Waals surface area contributed by atoms with Gasteiger partial charge in [-0.15, -0.1) is 0 Å². The molecule has 1 aromatic rings. The molecule has 2 fully saturated rings. The summed E-state index contributed by atoms with van der Waals surface area (Å²) in [4.78, 5) is 55.6. The first-order valence-electron chi connectivity index (χ1n) is 16.4. The maximum atomic E-state index is 14.0. The van der Waals surface area contributed by atoms with Crippen molar-refractivity contribution in [2.45, 2.75) is 95.2 Å². The standard InChI is InChI=1S/C35H48ClN3O10S/c1-19-10-9-11-26(46-8)35(44)18-25(47-33(43)37-35)20(2)31-34(4,49-31)27(48-32(42)21(3)38(5)28(40)12-13-50)17-29(41)39(6)23-15-22(14-19)16-24(45-7)30(23)36/h9-11,15-16,20-21,25-27,31,44,50H,12-14,17-18H2,1-8H3,(H,37,43)/b11-9+,19-10+/t20-,21+,25?,26-,27+,31-,34-,35+/m1/s1. The van der Waals surface area contributed by atoms with Gasteiger partial charge in [0.1, 0.15) is 40.7 Å². The Morgan fingerprint density at radius 3 is 2.62 bits per heavy atom. The number of carbonyl (C=O) groups excluding carboxylic acids is 4. The molecule has 3 aliphatic rings. The molecule has 0 aromatic heterocycles. The van der Waals surface area contributed by atoms with Gasteiger partial charge in [0.2, 0.25) is 11.8 Å². The van der Waals surface area contributed by atoms with Crippen LogP contribution in [0.5, 0.6) is 5.75 Å². The molecule has 1 unspecified atom stereocenters. The van der Waals surface area contributed by atoms with E-state index in [0.717, 1.165) is 11.1 Å². The average molecular weight is 738 g/mol. The number of likely N-dealkylation sites (N-methyl/N-ethyl adjacent to an activating group) is 1. The third-order valence-electron chi connectivity index (χ3n) is 9.85. The lowest BCUT2D eigenvalue weighted by Crippen LogP contribution is -2.63. The fraction of sp³-hybridized carbons (Fsp3) is 0.600. The monoisotopic (exact) mass is 737 g/mol. The molecule has 3 amide bonds. The summed E-state index contributed by atoms with van der Waals surface area (Å²) in [7, 11) is 5.98. The van der Waals surface area contributed by atoms with Crippen LogP contribution >= 0.6 is 24.2 Å². The maximum Gasteiger partial charge on any atom is 0.409 e. The van der Waals surface area contributed by atoms with Crippen molar-refractivity contribution >= 4 is 53.8 Å². The number of alkyl carbamates (subject to hydrolysis) is 1. The number of nitrogens with one attached hydrogen (secondary N) is 1. The van der Waals surface area contributed by atoms with E-state index < -0.39 is 65.7 Å². The lowest BCUT2D eigenvalue weighted by atomic mass is 9.83. The predicted molar refractivity (Wildman–Crippen MR) is 189 cm³/mol. The molecule has 13 nitrogen and oxygen atoms in total. The number of benzene rings is 1. The van der Waals surface area contributed by atoms with E-state index in [1.54, 1.807) is 45.2 Å². The number of allylic oxidation sites excluding steroid dienone is 3.